The fraction of sp³-hybridized carbons (Fsp3) is 0.200. The molecule has 0 N–H and O–H groups in total. The minimum Gasteiger partial charge on any atom is -0.207 e. The molecule has 0 bridgehead atoms. The van der Waals surface area contributed by atoms with Gasteiger partial charge in [-0.1, -0.05) is 35.9 Å². The minimum atomic E-state index is -3.57. The van der Waals surface area contributed by atoms with Crippen LogP contribution in [0.1, 0.15) is 18.5 Å². The maximum Gasteiger partial charge on any atom is 0.244 e. The molecule has 0 saturated carbocycles. The van der Waals surface area contributed by atoms with Gasteiger partial charge < -0.3 is 0 Å². The fourth-order valence-electron chi connectivity index (χ4n) is 1.97. The van der Waals surface area contributed by atoms with Gasteiger partial charge in [0.2, 0.25) is 10.0 Å². The summed E-state index contributed by atoms with van der Waals surface area (Å²) >= 11 is 9.16. The van der Waals surface area contributed by atoms with Crippen molar-refractivity contribution in [3.8, 4) is 0 Å². The SMILES string of the molecule is C[C@@H](c1ccc(Cl)cc1)N(C)S(=O)(=O)c1ccccc1Br. The predicted molar refractivity (Wildman–Crippen MR) is 89.0 cm³/mol. The van der Waals surface area contributed by atoms with E-state index in [0.29, 0.717) is 9.50 Å². The zero-order chi connectivity index (χ0) is 15.6. The van der Waals surface area contributed by atoms with Crippen LogP contribution in [-0.4, -0.2) is 19.8 Å². The molecule has 0 aliphatic rings. The Morgan fingerprint density at radius 2 is 1.67 bits per heavy atom. The minimum absolute atomic E-state index is 0.258. The Hall–Kier alpha value is -0.880. The summed E-state index contributed by atoms with van der Waals surface area (Å²) in [6.07, 6.45) is 0. The Kier molecular flexibility index (Phi) is 5.09. The Balaban J connectivity index is 2.36. The smallest absolute Gasteiger partial charge is 0.207 e. The first-order valence-corrected chi connectivity index (χ1v) is 8.93. The average molecular weight is 389 g/mol. The number of halogens is 2. The van der Waals surface area contributed by atoms with Crippen LogP contribution in [0.15, 0.2) is 57.9 Å². The number of hydrogen-bond acceptors (Lipinski definition) is 2. The van der Waals surface area contributed by atoms with Crippen LogP contribution in [0.5, 0.6) is 0 Å². The first kappa shape index (κ1) is 16.5. The van der Waals surface area contributed by atoms with Crippen molar-refractivity contribution in [2.24, 2.45) is 0 Å². The second-order valence-corrected chi connectivity index (χ2v) is 7.94. The lowest BCUT2D eigenvalue weighted by Gasteiger charge is -2.25. The summed E-state index contributed by atoms with van der Waals surface area (Å²) < 4.78 is 27.3. The number of hydrogen-bond donors (Lipinski definition) is 0. The summed E-state index contributed by atoms with van der Waals surface area (Å²) in [7, 11) is -2.00. The van der Waals surface area contributed by atoms with Gasteiger partial charge in [0.05, 0.1) is 4.90 Å². The van der Waals surface area contributed by atoms with Gasteiger partial charge in [0.15, 0.2) is 0 Å². The van der Waals surface area contributed by atoms with Crippen LogP contribution in [0.4, 0.5) is 0 Å². The summed E-state index contributed by atoms with van der Waals surface area (Å²) in [6.45, 7) is 1.84. The van der Waals surface area contributed by atoms with Crippen molar-refractivity contribution >= 4 is 37.6 Å². The molecule has 0 amide bonds. The van der Waals surface area contributed by atoms with E-state index in [1.807, 2.05) is 19.1 Å². The fourth-order valence-corrected chi connectivity index (χ4v) is 4.41. The lowest BCUT2D eigenvalue weighted by molar-refractivity contribution is 0.398. The van der Waals surface area contributed by atoms with E-state index in [0.717, 1.165) is 5.56 Å². The van der Waals surface area contributed by atoms with E-state index in [9.17, 15) is 8.42 Å². The van der Waals surface area contributed by atoms with E-state index >= 15 is 0 Å². The Morgan fingerprint density at radius 1 is 1.10 bits per heavy atom. The van der Waals surface area contributed by atoms with Gasteiger partial charge in [-0.3, -0.25) is 0 Å². The van der Waals surface area contributed by atoms with Gasteiger partial charge in [-0.2, -0.15) is 4.31 Å². The summed E-state index contributed by atoms with van der Waals surface area (Å²) in [5.74, 6) is 0. The number of rotatable bonds is 4. The maximum atomic E-state index is 12.7. The molecule has 3 nitrogen and oxygen atoms in total. The molecule has 2 aromatic rings. The van der Waals surface area contributed by atoms with Crippen molar-refractivity contribution in [1.82, 2.24) is 4.31 Å². The standard InChI is InChI=1S/C15H15BrClNO2S/c1-11(12-7-9-13(17)10-8-12)18(2)21(19,20)15-6-4-3-5-14(15)16/h3-11H,1-2H3/t11-/m0/s1. The topological polar surface area (TPSA) is 37.4 Å². The van der Waals surface area contributed by atoms with Crippen LogP contribution in [-0.2, 0) is 10.0 Å². The predicted octanol–water partition coefficient (Wildman–Crippen LogP) is 4.48. The zero-order valence-corrected chi connectivity index (χ0v) is 14.8. The zero-order valence-electron chi connectivity index (χ0n) is 11.6. The Bertz CT molecular complexity index is 732. The van der Waals surface area contributed by atoms with Crippen LogP contribution in [0, 0.1) is 0 Å². The molecule has 0 aliphatic carbocycles. The van der Waals surface area contributed by atoms with Crippen molar-refractivity contribution in [2.75, 3.05) is 7.05 Å². The van der Waals surface area contributed by atoms with Crippen molar-refractivity contribution < 1.29 is 8.42 Å². The summed E-state index contributed by atoms with van der Waals surface area (Å²) in [6, 6.07) is 13.7. The van der Waals surface area contributed by atoms with E-state index in [4.69, 9.17) is 11.6 Å². The van der Waals surface area contributed by atoms with E-state index in [2.05, 4.69) is 15.9 Å². The lowest BCUT2D eigenvalue weighted by atomic mass is 10.1. The van der Waals surface area contributed by atoms with Gasteiger partial charge in [0.1, 0.15) is 0 Å². The van der Waals surface area contributed by atoms with Gasteiger partial charge >= 0.3 is 0 Å². The van der Waals surface area contributed by atoms with Gasteiger partial charge in [0, 0.05) is 22.6 Å². The van der Waals surface area contributed by atoms with Crippen LogP contribution in [0.3, 0.4) is 0 Å². The monoisotopic (exact) mass is 387 g/mol. The second-order valence-electron chi connectivity index (χ2n) is 4.68. The highest BCUT2D eigenvalue weighted by molar-refractivity contribution is 9.10. The van der Waals surface area contributed by atoms with Crippen molar-refractivity contribution in [1.29, 1.82) is 0 Å². The first-order valence-electron chi connectivity index (χ1n) is 6.32. The molecular formula is C15H15BrClNO2S. The molecule has 0 radical (unpaired) electrons. The van der Waals surface area contributed by atoms with Crippen LogP contribution in [0.25, 0.3) is 0 Å². The van der Waals surface area contributed by atoms with Crippen molar-refractivity contribution in [2.45, 2.75) is 17.9 Å². The normalized spacial score (nSPS) is 13.4. The average Bonchev–Trinajstić information content (AvgIpc) is 2.46. The molecule has 6 heteroatoms. The third-order valence-electron chi connectivity index (χ3n) is 3.39. The molecule has 0 aliphatic heterocycles. The molecule has 0 spiro atoms. The van der Waals surface area contributed by atoms with Crippen LogP contribution in [0.2, 0.25) is 5.02 Å². The quantitative estimate of drug-likeness (QED) is 0.774. The molecule has 21 heavy (non-hydrogen) atoms. The molecule has 0 unspecified atom stereocenters. The van der Waals surface area contributed by atoms with Crippen LogP contribution < -0.4 is 0 Å². The molecule has 0 saturated heterocycles. The maximum absolute atomic E-state index is 12.7. The Labute approximate surface area is 138 Å². The molecule has 0 fully saturated rings. The summed E-state index contributed by atoms with van der Waals surface area (Å²) in [5, 5.41) is 0.627. The number of sulfonamides is 1. The summed E-state index contributed by atoms with van der Waals surface area (Å²) in [5.41, 5.74) is 0.887. The molecule has 2 rings (SSSR count). The highest BCUT2D eigenvalue weighted by Crippen LogP contribution is 2.30. The molecule has 0 aromatic heterocycles. The lowest BCUT2D eigenvalue weighted by Crippen LogP contribution is -2.30. The van der Waals surface area contributed by atoms with E-state index in [-0.39, 0.29) is 10.9 Å². The number of benzene rings is 2. The highest BCUT2D eigenvalue weighted by Gasteiger charge is 2.27. The molecule has 2 aromatic carbocycles. The molecule has 112 valence electrons. The third-order valence-corrected chi connectivity index (χ3v) is 6.58. The molecule has 1 atom stereocenters. The van der Waals surface area contributed by atoms with Crippen molar-refractivity contribution in [3.63, 3.8) is 0 Å². The molecule has 0 heterocycles. The second kappa shape index (κ2) is 6.48. The highest BCUT2D eigenvalue weighted by atomic mass is 79.9. The third kappa shape index (κ3) is 3.48. The van der Waals surface area contributed by atoms with Gasteiger partial charge in [-0.15, -0.1) is 0 Å². The van der Waals surface area contributed by atoms with Crippen LogP contribution >= 0.6 is 27.5 Å². The van der Waals surface area contributed by atoms with E-state index in [1.165, 1.54) is 4.31 Å². The van der Waals surface area contributed by atoms with E-state index in [1.54, 1.807) is 43.4 Å². The molecular weight excluding hydrogens is 374 g/mol. The number of nitrogens with zero attached hydrogens (tertiary/aromatic N) is 1. The van der Waals surface area contributed by atoms with E-state index < -0.39 is 10.0 Å². The van der Waals surface area contributed by atoms with Crippen molar-refractivity contribution in [3.05, 3.63) is 63.6 Å². The van der Waals surface area contributed by atoms with Gasteiger partial charge in [-0.05, 0) is 52.7 Å². The summed E-state index contributed by atoms with van der Waals surface area (Å²) in [4.78, 5) is 0.258. The first-order chi connectivity index (χ1) is 9.84. The largest absolute Gasteiger partial charge is 0.244 e. The van der Waals surface area contributed by atoms with Gasteiger partial charge in [0.25, 0.3) is 0 Å². The Morgan fingerprint density at radius 3 is 2.24 bits per heavy atom. The van der Waals surface area contributed by atoms with Gasteiger partial charge in [-0.25, -0.2) is 8.42 Å².